The van der Waals surface area contributed by atoms with Gasteiger partial charge in [-0.3, -0.25) is 9.36 Å². The average Bonchev–Trinajstić information content (AvgIpc) is 3.37. The Kier molecular flexibility index (Phi) is 8.21. The molecular formula is C30H27BrIN3O4S. The van der Waals surface area contributed by atoms with Gasteiger partial charge in [0, 0.05) is 20.6 Å². The zero-order chi connectivity index (χ0) is 28.7. The molecule has 10 heteroatoms. The van der Waals surface area contributed by atoms with E-state index in [1.54, 1.807) is 25.5 Å². The van der Waals surface area contributed by atoms with Gasteiger partial charge >= 0.3 is 5.97 Å². The first-order chi connectivity index (χ1) is 19.1. The number of carbonyl (C=O) groups is 1. The lowest BCUT2D eigenvalue weighted by molar-refractivity contribution is -0.139. The number of ether oxygens (including phenoxy) is 2. The number of aryl methyl sites for hydroxylation is 1. The van der Waals surface area contributed by atoms with Crippen molar-refractivity contribution in [3.05, 3.63) is 110 Å². The number of rotatable bonds is 6. The summed E-state index contributed by atoms with van der Waals surface area (Å²) >= 11 is 7.16. The van der Waals surface area contributed by atoms with E-state index in [2.05, 4.69) is 92.3 Å². The number of thiazole rings is 1. The summed E-state index contributed by atoms with van der Waals surface area (Å²) < 4.78 is 17.0. The van der Waals surface area contributed by atoms with Crippen molar-refractivity contribution in [2.45, 2.75) is 33.7 Å². The second-order valence-corrected chi connectivity index (χ2v) is 12.4. The van der Waals surface area contributed by atoms with Crippen LogP contribution in [0.15, 0.2) is 74.1 Å². The number of benzene rings is 2. The summed E-state index contributed by atoms with van der Waals surface area (Å²) in [6.07, 6.45) is 1.92. The minimum atomic E-state index is -0.695. The van der Waals surface area contributed by atoms with Gasteiger partial charge in [-0.1, -0.05) is 17.4 Å². The second-order valence-electron chi connectivity index (χ2n) is 9.33. The molecule has 0 amide bonds. The van der Waals surface area contributed by atoms with Gasteiger partial charge in [-0.25, -0.2) is 9.79 Å². The monoisotopic (exact) mass is 731 g/mol. The van der Waals surface area contributed by atoms with Crippen LogP contribution in [0.3, 0.4) is 0 Å². The summed E-state index contributed by atoms with van der Waals surface area (Å²) in [5.41, 5.74) is 5.52. The molecule has 4 aromatic rings. The number of methoxy groups -OCH3 is 1. The van der Waals surface area contributed by atoms with Gasteiger partial charge in [0.2, 0.25) is 0 Å². The summed E-state index contributed by atoms with van der Waals surface area (Å²) in [6.45, 7) is 7.86. The van der Waals surface area contributed by atoms with E-state index in [1.807, 2.05) is 24.3 Å². The zero-order valence-corrected chi connectivity index (χ0v) is 27.2. The van der Waals surface area contributed by atoms with E-state index >= 15 is 0 Å². The highest BCUT2D eigenvalue weighted by Gasteiger charge is 2.33. The Morgan fingerprint density at radius 3 is 2.52 bits per heavy atom. The molecule has 0 saturated heterocycles. The normalized spacial score (nSPS) is 15.2. The Balaban J connectivity index is 1.70. The number of fused-ring (bicyclic) bond motifs is 1. The first-order valence-corrected chi connectivity index (χ1v) is 15.3. The summed E-state index contributed by atoms with van der Waals surface area (Å²) in [5.74, 6) is 0.161. The zero-order valence-electron chi connectivity index (χ0n) is 22.6. The molecule has 0 N–H and O–H groups in total. The predicted octanol–water partition coefficient (Wildman–Crippen LogP) is 5.58. The van der Waals surface area contributed by atoms with E-state index in [0.29, 0.717) is 26.4 Å². The molecule has 1 aliphatic rings. The van der Waals surface area contributed by atoms with Crippen molar-refractivity contribution in [2.24, 2.45) is 4.99 Å². The van der Waals surface area contributed by atoms with Gasteiger partial charge in [0.1, 0.15) is 5.75 Å². The smallest absolute Gasteiger partial charge is 0.338 e. The molecule has 0 bridgehead atoms. The second kappa shape index (κ2) is 11.5. The number of esters is 1. The van der Waals surface area contributed by atoms with Crippen molar-refractivity contribution in [1.29, 1.82) is 0 Å². The van der Waals surface area contributed by atoms with Crippen molar-refractivity contribution < 1.29 is 14.3 Å². The average molecular weight is 732 g/mol. The Bertz CT molecular complexity index is 1850. The molecule has 1 atom stereocenters. The summed E-state index contributed by atoms with van der Waals surface area (Å²) in [4.78, 5) is 32.4. The lowest BCUT2D eigenvalue weighted by Gasteiger charge is -2.25. The molecule has 0 unspecified atom stereocenters. The molecule has 0 spiro atoms. The van der Waals surface area contributed by atoms with Crippen LogP contribution in [-0.2, 0) is 9.53 Å². The molecule has 3 heterocycles. The molecule has 206 valence electrons. The van der Waals surface area contributed by atoms with E-state index in [1.165, 1.54) is 14.9 Å². The van der Waals surface area contributed by atoms with Gasteiger partial charge in [0.25, 0.3) is 5.56 Å². The number of hydrogen-bond acceptors (Lipinski definition) is 6. The number of halogens is 2. The minimum Gasteiger partial charge on any atom is -0.496 e. The Morgan fingerprint density at radius 2 is 1.88 bits per heavy atom. The van der Waals surface area contributed by atoms with Crippen LogP contribution in [0.4, 0.5) is 0 Å². The quantitative estimate of drug-likeness (QED) is 0.192. The lowest BCUT2D eigenvalue weighted by Crippen LogP contribution is -2.40. The third-order valence-corrected chi connectivity index (χ3v) is 9.17. The van der Waals surface area contributed by atoms with Crippen molar-refractivity contribution in [3.8, 4) is 11.4 Å². The van der Waals surface area contributed by atoms with E-state index in [0.717, 1.165) is 32.7 Å². The Morgan fingerprint density at radius 1 is 1.15 bits per heavy atom. The fourth-order valence-corrected chi connectivity index (χ4v) is 6.98. The topological polar surface area (TPSA) is 74.8 Å². The van der Waals surface area contributed by atoms with Gasteiger partial charge < -0.3 is 14.0 Å². The van der Waals surface area contributed by atoms with Crippen LogP contribution >= 0.6 is 49.9 Å². The van der Waals surface area contributed by atoms with Crippen LogP contribution in [0, 0.1) is 17.4 Å². The lowest BCUT2D eigenvalue weighted by atomic mass is 9.96. The van der Waals surface area contributed by atoms with E-state index in [9.17, 15) is 9.59 Å². The molecule has 0 fully saturated rings. The van der Waals surface area contributed by atoms with Gasteiger partial charge in [-0.15, -0.1) is 0 Å². The molecule has 0 radical (unpaired) electrons. The highest BCUT2D eigenvalue weighted by Crippen LogP contribution is 2.35. The Hall–Kier alpha value is -2.96. The molecule has 1 aliphatic heterocycles. The van der Waals surface area contributed by atoms with Crippen molar-refractivity contribution in [3.63, 3.8) is 0 Å². The molecule has 2 aromatic heterocycles. The fourth-order valence-electron chi connectivity index (χ4n) is 5.02. The van der Waals surface area contributed by atoms with E-state index < -0.39 is 12.0 Å². The third kappa shape index (κ3) is 5.12. The van der Waals surface area contributed by atoms with Gasteiger partial charge in [-0.05, 0) is 126 Å². The SMILES string of the molecule is CCOC(=O)C1=C(C)N=c2s/c(=C/c3cc(C)n(-c4ccc(I)cc4)c3C)c(=O)n2[C@@H]1c1ccc(OC)c(Br)c1. The predicted molar refractivity (Wildman–Crippen MR) is 169 cm³/mol. The van der Waals surface area contributed by atoms with Crippen LogP contribution in [0.25, 0.3) is 11.8 Å². The Labute approximate surface area is 257 Å². The largest absolute Gasteiger partial charge is 0.496 e. The molecule has 5 rings (SSSR count). The van der Waals surface area contributed by atoms with Crippen LogP contribution < -0.4 is 19.6 Å². The van der Waals surface area contributed by atoms with E-state index in [-0.39, 0.29) is 12.2 Å². The van der Waals surface area contributed by atoms with Gasteiger partial charge in [-0.2, -0.15) is 0 Å². The standard InChI is InChI=1S/C30H27BrIN3O4S/c1-6-39-29(37)26-17(3)33-30-35(27(26)19-7-12-24(38-5)23(31)14-19)28(36)25(40-30)15-20-13-16(2)34(18(20)4)22-10-8-21(32)9-11-22/h7-15,27H,6H2,1-5H3/b25-15+/t27-/m1/s1. The van der Waals surface area contributed by atoms with Crippen LogP contribution in [0.1, 0.15) is 42.4 Å². The van der Waals surface area contributed by atoms with Crippen molar-refractivity contribution in [1.82, 2.24) is 9.13 Å². The summed E-state index contributed by atoms with van der Waals surface area (Å²) in [7, 11) is 1.59. The molecule has 40 heavy (non-hydrogen) atoms. The van der Waals surface area contributed by atoms with Gasteiger partial charge in [0.05, 0.1) is 40.0 Å². The molecule has 0 aliphatic carbocycles. The number of nitrogens with zero attached hydrogens (tertiary/aromatic N) is 3. The van der Waals surface area contributed by atoms with Crippen molar-refractivity contribution in [2.75, 3.05) is 13.7 Å². The first kappa shape index (κ1) is 28.6. The highest BCUT2D eigenvalue weighted by molar-refractivity contribution is 14.1. The number of aromatic nitrogens is 2. The maximum atomic E-state index is 14.0. The molecule has 2 aromatic carbocycles. The number of carbonyl (C=O) groups excluding carboxylic acids is 1. The molecular weight excluding hydrogens is 705 g/mol. The van der Waals surface area contributed by atoms with Crippen LogP contribution in [-0.4, -0.2) is 28.8 Å². The number of allylic oxidation sites excluding steroid dienone is 1. The molecule has 0 saturated carbocycles. The van der Waals surface area contributed by atoms with Crippen LogP contribution in [0.5, 0.6) is 5.75 Å². The molecule has 7 nitrogen and oxygen atoms in total. The van der Waals surface area contributed by atoms with E-state index in [4.69, 9.17) is 9.47 Å². The minimum absolute atomic E-state index is 0.214. The maximum absolute atomic E-state index is 14.0. The third-order valence-electron chi connectivity index (χ3n) is 6.85. The van der Waals surface area contributed by atoms with Gasteiger partial charge in [0.15, 0.2) is 4.80 Å². The fraction of sp³-hybridized carbons (Fsp3) is 0.233. The summed E-state index contributed by atoms with van der Waals surface area (Å²) in [5, 5.41) is 0. The van der Waals surface area contributed by atoms with Crippen LogP contribution in [0.2, 0.25) is 0 Å². The van der Waals surface area contributed by atoms with Crippen molar-refractivity contribution >= 4 is 61.9 Å². The maximum Gasteiger partial charge on any atom is 0.338 e. The first-order valence-electron chi connectivity index (χ1n) is 12.6. The highest BCUT2D eigenvalue weighted by atomic mass is 127. The number of hydrogen-bond donors (Lipinski definition) is 0. The summed E-state index contributed by atoms with van der Waals surface area (Å²) in [6, 6.07) is 15.3.